The average Bonchev–Trinajstić information content (AvgIpc) is 2.64. The minimum Gasteiger partial charge on any atom is -0.381 e. The Morgan fingerprint density at radius 1 is 1.28 bits per heavy atom. The summed E-state index contributed by atoms with van der Waals surface area (Å²) in [6, 6.07) is 13.2. The first-order valence-electron chi connectivity index (χ1n) is 8.60. The molecular weight excluding hydrogens is 319 g/mol. The third kappa shape index (κ3) is 4.63. The summed E-state index contributed by atoms with van der Waals surface area (Å²) in [6.45, 7) is 1.36. The van der Waals surface area contributed by atoms with Crippen LogP contribution in [0.15, 0.2) is 48.7 Å². The Labute approximate surface area is 147 Å². The third-order valence-electron chi connectivity index (χ3n) is 4.78. The van der Waals surface area contributed by atoms with E-state index in [0.717, 1.165) is 19.0 Å². The molecule has 1 aromatic carbocycles. The first kappa shape index (κ1) is 17.5. The van der Waals surface area contributed by atoms with Crippen LogP contribution in [0, 0.1) is 11.7 Å². The molecule has 0 spiro atoms. The Morgan fingerprint density at radius 3 is 2.76 bits per heavy atom. The highest BCUT2D eigenvalue weighted by molar-refractivity contribution is 5.78. The largest absolute Gasteiger partial charge is 0.381 e. The lowest BCUT2D eigenvalue weighted by molar-refractivity contribution is -0.134. The van der Waals surface area contributed by atoms with Crippen molar-refractivity contribution in [2.24, 2.45) is 5.92 Å². The average molecular weight is 342 g/mol. The van der Waals surface area contributed by atoms with Crippen molar-refractivity contribution in [3.63, 3.8) is 0 Å². The van der Waals surface area contributed by atoms with Crippen LogP contribution in [0.1, 0.15) is 17.7 Å². The number of ether oxygens (including phenoxy) is 1. The number of hydrogen-bond acceptors (Lipinski definition) is 3. The number of pyridine rings is 1. The summed E-state index contributed by atoms with van der Waals surface area (Å²) < 4.78 is 18.6. The molecule has 3 rings (SSSR count). The van der Waals surface area contributed by atoms with Gasteiger partial charge >= 0.3 is 0 Å². The van der Waals surface area contributed by atoms with Crippen molar-refractivity contribution in [3.05, 3.63) is 65.7 Å². The van der Waals surface area contributed by atoms with E-state index >= 15 is 0 Å². The van der Waals surface area contributed by atoms with E-state index in [2.05, 4.69) is 17.1 Å². The van der Waals surface area contributed by atoms with Crippen molar-refractivity contribution in [2.75, 3.05) is 20.2 Å². The minimum atomic E-state index is -0.389. The molecular formula is C20H23FN2O2. The highest BCUT2D eigenvalue weighted by Gasteiger charge is 2.31. The van der Waals surface area contributed by atoms with Crippen molar-refractivity contribution in [2.45, 2.75) is 25.4 Å². The molecule has 0 radical (unpaired) electrons. The van der Waals surface area contributed by atoms with Crippen LogP contribution in [0.3, 0.4) is 0 Å². The van der Waals surface area contributed by atoms with Crippen molar-refractivity contribution >= 4 is 5.91 Å². The minimum absolute atomic E-state index is 0.0340. The Morgan fingerprint density at radius 2 is 2.08 bits per heavy atom. The molecule has 132 valence electrons. The molecule has 2 atom stereocenters. The van der Waals surface area contributed by atoms with Gasteiger partial charge in [0.15, 0.2) is 0 Å². The molecule has 2 aromatic rings. The molecule has 25 heavy (non-hydrogen) atoms. The van der Waals surface area contributed by atoms with E-state index in [9.17, 15) is 9.18 Å². The quantitative estimate of drug-likeness (QED) is 0.839. The number of carbonyl (C=O) groups excluding carboxylic acids is 1. The molecule has 1 aliphatic rings. The topological polar surface area (TPSA) is 42.4 Å². The zero-order valence-electron chi connectivity index (χ0n) is 14.4. The zero-order valence-corrected chi connectivity index (χ0v) is 14.4. The second-order valence-corrected chi connectivity index (χ2v) is 6.50. The van der Waals surface area contributed by atoms with Gasteiger partial charge in [-0.25, -0.2) is 4.39 Å². The van der Waals surface area contributed by atoms with E-state index in [-0.39, 0.29) is 30.2 Å². The first-order chi connectivity index (χ1) is 12.2. The molecule has 1 fully saturated rings. The number of nitrogens with zero attached hydrogens (tertiary/aromatic N) is 2. The highest BCUT2D eigenvalue weighted by atomic mass is 19.1. The van der Waals surface area contributed by atoms with E-state index in [1.807, 2.05) is 23.1 Å². The van der Waals surface area contributed by atoms with Crippen LogP contribution in [0.2, 0.25) is 0 Å². The number of aromatic nitrogens is 1. The van der Waals surface area contributed by atoms with Gasteiger partial charge < -0.3 is 9.64 Å². The molecule has 0 N–H and O–H groups in total. The number of methoxy groups -OCH3 is 1. The van der Waals surface area contributed by atoms with Gasteiger partial charge in [-0.1, -0.05) is 30.3 Å². The van der Waals surface area contributed by atoms with Gasteiger partial charge in [0.1, 0.15) is 5.82 Å². The number of carbonyl (C=O) groups is 1. The predicted octanol–water partition coefficient (Wildman–Crippen LogP) is 2.87. The summed E-state index contributed by atoms with van der Waals surface area (Å²) in [7, 11) is 1.74. The Bertz CT molecular complexity index is 691. The van der Waals surface area contributed by atoms with Crippen LogP contribution in [0.5, 0.6) is 0 Å². The van der Waals surface area contributed by atoms with Gasteiger partial charge in [-0.15, -0.1) is 0 Å². The number of rotatable bonds is 5. The van der Waals surface area contributed by atoms with Crippen LogP contribution >= 0.6 is 0 Å². The van der Waals surface area contributed by atoms with E-state index < -0.39 is 0 Å². The van der Waals surface area contributed by atoms with Crippen molar-refractivity contribution in [1.29, 1.82) is 0 Å². The van der Waals surface area contributed by atoms with Gasteiger partial charge in [-0.3, -0.25) is 9.78 Å². The Hall–Kier alpha value is -2.27. The van der Waals surface area contributed by atoms with Crippen molar-refractivity contribution in [1.82, 2.24) is 9.88 Å². The molecule has 1 amide bonds. The first-order valence-corrected chi connectivity index (χ1v) is 8.60. The molecule has 0 aliphatic carbocycles. The maximum atomic E-state index is 12.9. The zero-order chi connectivity index (χ0) is 17.6. The molecule has 0 saturated carbocycles. The summed E-state index contributed by atoms with van der Waals surface area (Å²) in [5.41, 5.74) is 1.85. The molecule has 1 saturated heterocycles. The van der Waals surface area contributed by atoms with Crippen LogP contribution in [-0.4, -0.2) is 42.1 Å². The fraction of sp³-hybridized carbons (Fsp3) is 0.400. The van der Waals surface area contributed by atoms with Crippen LogP contribution in [-0.2, 0) is 22.4 Å². The van der Waals surface area contributed by atoms with Crippen molar-refractivity contribution < 1.29 is 13.9 Å². The van der Waals surface area contributed by atoms with Gasteiger partial charge in [0.05, 0.1) is 18.7 Å². The molecule has 1 aliphatic heterocycles. The van der Waals surface area contributed by atoms with Crippen LogP contribution in [0.4, 0.5) is 4.39 Å². The highest BCUT2D eigenvalue weighted by Crippen LogP contribution is 2.24. The van der Waals surface area contributed by atoms with Gasteiger partial charge in [-0.05, 0) is 30.5 Å². The number of amides is 1. The SMILES string of the molecule is CO[C@H]1CCN(C(=O)Cc2ccc(F)cn2)C[C@H]1Cc1ccccc1. The Balaban J connectivity index is 1.64. The van der Waals surface area contributed by atoms with Crippen LogP contribution in [0.25, 0.3) is 0 Å². The Kier molecular flexibility index (Phi) is 5.76. The lowest BCUT2D eigenvalue weighted by Crippen LogP contribution is -2.47. The van der Waals surface area contributed by atoms with Gasteiger partial charge in [-0.2, -0.15) is 0 Å². The monoisotopic (exact) mass is 342 g/mol. The van der Waals surface area contributed by atoms with Gasteiger partial charge in [0.2, 0.25) is 5.91 Å². The standard InChI is InChI=1S/C20H23FN2O2/c1-25-19-9-10-23(14-16(19)11-15-5-3-2-4-6-15)20(24)12-18-8-7-17(21)13-22-18/h2-8,13,16,19H,9-12,14H2,1H3/t16-,19+/m1/s1. The molecule has 0 bridgehead atoms. The number of piperidine rings is 1. The summed E-state index contributed by atoms with van der Waals surface area (Å²) in [6.07, 6.45) is 3.23. The van der Waals surface area contributed by atoms with E-state index in [0.29, 0.717) is 18.8 Å². The maximum Gasteiger partial charge on any atom is 0.228 e. The molecule has 1 aromatic heterocycles. The van der Waals surface area contributed by atoms with E-state index in [1.165, 1.54) is 11.6 Å². The second kappa shape index (κ2) is 8.21. The van der Waals surface area contributed by atoms with Gasteiger partial charge in [0, 0.05) is 31.8 Å². The molecule has 4 nitrogen and oxygen atoms in total. The summed E-state index contributed by atoms with van der Waals surface area (Å²) in [5.74, 6) is -0.0852. The molecule has 2 heterocycles. The number of likely N-dealkylation sites (tertiary alicyclic amines) is 1. The maximum absolute atomic E-state index is 12.9. The van der Waals surface area contributed by atoms with E-state index in [1.54, 1.807) is 13.2 Å². The fourth-order valence-electron chi connectivity index (χ4n) is 3.44. The van der Waals surface area contributed by atoms with Crippen LogP contribution < -0.4 is 0 Å². The lowest BCUT2D eigenvalue weighted by Gasteiger charge is -2.38. The third-order valence-corrected chi connectivity index (χ3v) is 4.78. The summed E-state index contributed by atoms with van der Waals surface area (Å²) in [4.78, 5) is 18.5. The normalized spacial score (nSPS) is 20.5. The lowest BCUT2D eigenvalue weighted by atomic mass is 9.88. The number of halogens is 1. The van der Waals surface area contributed by atoms with E-state index in [4.69, 9.17) is 4.74 Å². The molecule has 0 unspecified atom stereocenters. The summed E-state index contributed by atoms with van der Waals surface area (Å²) >= 11 is 0. The smallest absolute Gasteiger partial charge is 0.228 e. The van der Waals surface area contributed by atoms with Crippen molar-refractivity contribution in [3.8, 4) is 0 Å². The summed E-state index contributed by atoms with van der Waals surface area (Å²) in [5, 5.41) is 0. The number of benzene rings is 1. The van der Waals surface area contributed by atoms with Gasteiger partial charge in [0.25, 0.3) is 0 Å². The molecule has 5 heteroatoms. The fourth-order valence-corrected chi connectivity index (χ4v) is 3.44. The second-order valence-electron chi connectivity index (χ2n) is 6.50. The number of hydrogen-bond donors (Lipinski definition) is 0. The predicted molar refractivity (Wildman–Crippen MR) is 93.5 cm³/mol.